The number of thiophene rings is 1. The predicted molar refractivity (Wildman–Crippen MR) is 99.1 cm³/mol. The molecule has 1 aromatic carbocycles. The number of pyridine rings is 1. The lowest BCUT2D eigenvalue weighted by Gasteiger charge is -2.06. The van der Waals surface area contributed by atoms with Gasteiger partial charge in [-0.2, -0.15) is 5.26 Å². The first kappa shape index (κ1) is 17.1. The lowest BCUT2D eigenvalue weighted by atomic mass is 10.0. The van der Waals surface area contributed by atoms with Crippen molar-refractivity contribution in [3.05, 3.63) is 69.1 Å². The number of benzene rings is 1. The van der Waals surface area contributed by atoms with Crippen molar-refractivity contribution in [2.75, 3.05) is 0 Å². The Morgan fingerprint density at radius 2 is 1.96 bits per heavy atom. The second kappa shape index (κ2) is 7.45. The number of nitriles is 1. The smallest absolute Gasteiger partial charge is 0.267 e. The molecule has 0 aliphatic carbocycles. The molecule has 2 aromatic heterocycles. The van der Waals surface area contributed by atoms with E-state index in [1.54, 1.807) is 29.5 Å². The SMILES string of the molecule is CCCCc1ccc(-c2cc(-c3ccc(F)cc3)[nH]c(=O)c2C#N)s1. The second-order valence-corrected chi connectivity index (χ2v) is 6.96. The first-order valence-corrected chi connectivity index (χ1v) is 8.96. The van der Waals surface area contributed by atoms with Gasteiger partial charge in [-0.25, -0.2) is 4.39 Å². The highest BCUT2D eigenvalue weighted by Crippen LogP contribution is 2.32. The highest BCUT2D eigenvalue weighted by molar-refractivity contribution is 7.15. The van der Waals surface area contributed by atoms with E-state index in [0.717, 1.165) is 24.1 Å². The molecule has 0 spiro atoms. The average molecular weight is 352 g/mol. The molecule has 126 valence electrons. The van der Waals surface area contributed by atoms with E-state index in [4.69, 9.17) is 0 Å². The molecule has 0 aliphatic heterocycles. The molecule has 3 rings (SSSR count). The number of hydrogen-bond donors (Lipinski definition) is 1. The molecular weight excluding hydrogens is 335 g/mol. The molecule has 0 radical (unpaired) electrons. The van der Waals surface area contributed by atoms with Gasteiger partial charge in [0.05, 0.1) is 0 Å². The first-order valence-electron chi connectivity index (χ1n) is 8.15. The van der Waals surface area contributed by atoms with Crippen molar-refractivity contribution in [3.63, 3.8) is 0 Å². The van der Waals surface area contributed by atoms with E-state index < -0.39 is 5.56 Å². The van der Waals surface area contributed by atoms with Gasteiger partial charge in [0, 0.05) is 21.0 Å². The Labute approximate surface area is 149 Å². The lowest BCUT2D eigenvalue weighted by molar-refractivity contribution is 0.628. The quantitative estimate of drug-likeness (QED) is 0.692. The zero-order chi connectivity index (χ0) is 17.8. The largest absolute Gasteiger partial charge is 0.321 e. The summed E-state index contributed by atoms with van der Waals surface area (Å²) in [4.78, 5) is 17.2. The van der Waals surface area contributed by atoms with Gasteiger partial charge in [0.1, 0.15) is 17.4 Å². The summed E-state index contributed by atoms with van der Waals surface area (Å²) in [7, 11) is 0. The molecule has 0 fully saturated rings. The Balaban J connectivity index is 2.08. The number of hydrogen-bond acceptors (Lipinski definition) is 3. The van der Waals surface area contributed by atoms with Gasteiger partial charge in [0.2, 0.25) is 0 Å². The fraction of sp³-hybridized carbons (Fsp3) is 0.200. The van der Waals surface area contributed by atoms with Crippen LogP contribution in [0.15, 0.2) is 47.3 Å². The van der Waals surface area contributed by atoms with Crippen LogP contribution in [0.4, 0.5) is 4.39 Å². The van der Waals surface area contributed by atoms with Crippen LogP contribution in [0, 0.1) is 17.1 Å². The molecule has 1 N–H and O–H groups in total. The number of nitrogens with zero attached hydrogens (tertiary/aromatic N) is 1. The van der Waals surface area contributed by atoms with Crippen LogP contribution in [0.1, 0.15) is 30.2 Å². The van der Waals surface area contributed by atoms with Crippen LogP contribution in [0.3, 0.4) is 0 Å². The van der Waals surface area contributed by atoms with Crippen LogP contribution in [-0.4, -0.2) is 4.98 Å². The summed E-state index contributed by atoms with van der Waals surface area (Å²) in [6, 6.07) is 13.7. The van der Waals surface area contributed by atoms with E-state index in [1.165, 1.54) is 17.0 Å². The van der Waals surface area contributed by atoms with Crippen molar-refractivity contribution >= 4 is 11.3 Å². The van der Waals surface area contributed by atoms with Crippen LogP contribution in [0.25, 0.3) is 21.7 Å². The maximum atomic E-state index is 13.1. The number of rotatable bonds is 5. The van der Waals surface area contributed by atoms with E-state index >= 15 is 0 Å². The number of H-pyrrole nitrogens is 1. The summed E-state index contributed by atoms with van der Waals surface area (Å²) in [5, 5.41) is 9.39. The van der Waals surface area contributed by atoms with Crippen LogP contribution in [0.5, 0.6) is 0 Å². The number of halogens is 1. The monoisotopic (exact) mass is 352 g/mol. The normalized spacial score (nSPS) is 10.6. The molecule has 0 unspecified atom stereocenters. The Bertz CT molecular complexity index is 980. The predicted octanol–water partition coefficient (Wildman–Crippen LogP) is 5.12. The van der Waals surface area contributed by atoms with Crippen molar-refractivity contribution in [1.82, 2.24) is 4.98 Å². The molecule has 3 aromatic rings. The summed E-state index contributed by atoms with van der Waals surface area (Å²) >= 11 is 1.61. The first-order chi connectivity index (χ1) is 12.1. The van der Waals surface area contributed by atoms with Crippen molar-refractivity contribution < 1.29 is 4.39 Å². The molecule has 2 heterocycles. The van der Waals surface area contributed by atoms with Gasteiger partial charge in [-0.3, -0.25) is 4.79 Å². The third-order valence-electron chi connectivity index (χ3n) is 4.00. The second-order valence-electron chi connectivity index (χ2n) is 5.79. The molecule has 3 nitrogen and oxygen atoms in total. The molecule has 0 amide bonds. The molecule has 0 saturated heterocycles. The Hall–Kier alpha value is -2.71. The van der Waals surface area contributed by atoms with Crippen molar-refractivity contribution in [2.45, 2.75) is 26.2 Å². The zero-order valence-electron chi connectivity index (χ0n) is 13.8. The standard InChI is InChI=1S/C20H17FN2OS/c1-2-3-4-15-9-10-19(25-15)16-11-18(23-20(24)17(16)12-22)13-5-7-14(21)8-6-13/h5-11H,2-4H2,1H3,(H,23,24). The minimum Gasteiger partial charge on any atom is -0.321 e. The third kappa shape index (κ3) is 3.70. The fourth-order valence-electron chi connectivity index (χ4n) is 2.66. The maximum Gasteiger partial charge on any atom is 0.267 e. The Morgan fingerprint density at radius 3 is 2.64 bits per heavy atom. The van der Waals surface area contributed by atoms with Crippen molar-refractivity contribution in [3.8, 4) is 27.8 Å². The molecule has 25 heavy (non-hydrogen) atoms. The Kier molecular flexibility index (Phi) is 5.11. The van der Waals surface area contributed by atoms with E-state index in [1.807, 2.05) is 12.1 Å². The van der Waals surface area contributed by atoms with Gasteiger partial charge in [-0.15, -0.1) is 11.3 Å². The number of unbranched alkanes of at least 4 members (excludes halogenated alkanes) is 1. The minimum absolute atomic E-state index is 0.106. The maximum absolute atomic E-state index is 13.1. The van der Waals surface area contributed by atoms with Crippen LogP contribution >= 0.6 is 11.3 Å². The highest BCUT2D eigenvalue weighted by Gasteiger charge is 2.14. The average Bonchev–Trinajstić information content (AvgIpc) is 3.08. The van der Waals surface area contributed by atoms with Gasteiger partial charge in [0.15, 0.2) is 0 Å². The fourth-order valence-corrected chi connectivity index (χ4v) is 3.73. The summed E-state index contributed by atoms with van der Waals surface area (Å²) in [6.45, 7) is 2.15. The van der Waals surface area contributed by atoms with Crippen LogP contribution in [0.2, 0.25) is 0 Å². The number of aromatic amines is 1. The van der Waals surface area contributed by atoms with Crippen LogP contribution < -0.4 is 5.56 Å². The molecule has 0 aliphatic rings. The van der Waals surface area contributed by atoms with Gasteiger partial charge in [-0.1, -0.05) is 13.3 Å². The number of nitrogens with one attached hydrogen (secondary N) is 1. The van der Waals surface area contributed by atoms with Crippen molar-refractivity contribution in [2.24, 2.45) is 0 Å². The number of aromatic nitrogens is 1. The van der Waals surface area contributed by atoms with Gasteiger partial charge in [0.25, 0.3) is 5.56 Å². The van der Waals surface area contributed by atoms with Crippen molar-refractivity contribution in [1.29, 1.82) is 5.26 Å². The highest BCUT2D eigenvalue weighted by atomic mass is 32.1. The summed E-state index contributed by atoms with van der Waals surface area (Å²) in [6.07, 6.45) is 3.23. The molecule has 5 heteroatoms. The van der Waals surface area contributed by atoms with Crippen LogP contribution in [-0.2, 0) is 6.42 Å². The molecule has 0 atom stereocenters. The molecule has 0 bridgehead atoms. The third-order valence-corrected chi connectivity index (χ3v) is 5.18. The van der Waals surface area contributed by atoms with E-state index in [2.05, 4.69) is 18.0 Å². The molecular formula is C20H17FN2OS. The van der Waals surface area contributed by atoms with Gasteiger partial charge < -0.3 is 4.98 Å². The minimum atomic E-state index is -0.428. The molecule has 0 saturated carbocycles. The lowest BCUT2D eigenvalue weighted by Crippen LogP contribution is -2.12. The summed E-state index contributed by atoms with van der Waals surface area (Å²) in [5.74, 6) is -0.334. The topological polar surface area (TPSA) is 56.6 Å². The Morgan fingerprint density at radius 1 is 1.20 bits per heavy atom. The number of aryl methyl sites for hydroxylation is 1. The van der Waals surface area contributed by atoms with E-state index in [-0.39, 0.29) is 11.4 Å². The summed E-state index contributed by atoms with van der Waals surface area (Å²) in [5.41, 5.74) is 1.57. The van der Waals surface area contributed by atoms with E-state index in [9.17, 15) is 14.4 Å². The van der Waals surface area contributed by atoms with E-state index in [0.29, 0.717) is 16.8 Å². The van der Waals surface area contributed by atoms with Gasteiger partial charge in [-0.05, 0) is 60.9 Å². The zero-order valence-corrected chi connectivity index (χ0v) is 14.6. The van der Waals surface area contributed by atoms with Gasteiger partial charge >= 0.3 is 0 Å². The summed E-state index contributed by atoms with van der Waals surface area (Å²) < 4.78 is 13.1.